The molecule has 2 rings (SSSR count). The molecular formula is C16H21N3O2S. The smallest absolute Gasteiger partial charge is 0.347 e. The highest BCUT2D eigenvalue weighted by Gasteiger charge is 2.15. The maximum absolute atomic E-state index is 11.2. The minimum atomic E-state index is -0.917. The van der Waals surface area contributed by atoms with E-state index >= 15 is 0 Å². The molecule has 1 aromatic heterocycles. The molecular weight excluding hydrogens is 298 g/mol. The van der Waals surface area contributed by atoms with E-state index < -0.39 is 5.97 Å². The molecule has 0 bridgehead atoms. The van der Waals surface area contributed by atoms with Gasteiger partial charge < -0.3 is 15.3 Å². The van der Waals surface area contributed by atoms with Gasteiger partial charge in [-0.2, -0.15) is 0 Å². The van der Waals surface area contributed by atoms with Crippen molar-refractivity contribution in [1.29, 1.82) is 0 Å². The van der Waals surface area contributed by atoms with Gasteiger partial charge in [-0.05, 0) is 44.5 Å². The Balaban J connectivity index is 2.16. The maximum Gasteiger partial charge on any atom is 0.347 e. The highest BCUT2D eigenvalue weighted by atomic mass is 32.1. The molecule has 0 aliphatic rings. The van der Waals surface area contributed by atoms with Crippen molar-refractivity contribution >= 4 is 33.8 Å². The van der Waals surface area contributed by atoms with E-state index in [0.29, 0.717) is 22.1 Å². The standard InChI is InChI=1S/C16H21N3O2S/c1-4-13-14(15(20)21)22-16(18-13)17-11-7-9-12(10-8-11)19(5-2)6-3/h7-10H,4-6H2,1-3H3,(H,17,18)(H,20,21). The number of thiazole rings is 1. The normalized spacial score (nSPS) is 10.5. The topological polar surface area (TPSA) is 65.5 Å². The number of hydrogen-bond donors (Lipinski definition) is 2. The number of nitrogens with zero attached hydrogens (tertiary/aromatic N) is 2. The Morgan fingerprint density at radius 3 is 2.32 bits per heavy atom. The first kappa shape index (κ1) is 16.3. The number of anilines is 3. The summed E-state index contributed by atoms with van der Waals surface area (Å²) in [7, 11) is 0. The summed E-state index contributed by atoms with van der Waals surface area (Å²) in [4.78, 5) is 18.1. The van der Waals surface area contributed by atoms with Gasteiger partial charge in [-0.15, -0.1) is 0 Å². The quantitative estimate of drug-likeness (QED) is 0.807. The van der Waals surface area contributed by atoms with E-state index in [-0.39, 0.29) is 0 Å². The third kappa shape index (κ3) is 3.57. The SMILES string of the molecule is CCc1nc(Nc2ccc(N(CC)CC)cc2)sc1C(=O)O. The van der Waals surface area contributed by atoms with E-state index in [2.05, 4.69) is 41.2 Å². The number of carboxylic acids is 1. The van der Waals surface area contributed by atoms with E-state index in [9.17, 15) is 4.79 Å². The molecule has 0 radical (unpaired) electrons. The first-order valence-electron chi connectivity index (χ1n) is 7.44. The van der Waals surface area contributed by atoms with Crippen molar-refractivity contribution in [3.8, 4) is 0 Å². The van der Waals surface area contributed by atoms with Crippen molar-refractivity contribution in [3.63, 3.8) is 0 Å². The number of aromatic carboxylic acids is 1. The fourth-order valence-corrected chi connectivity index (χ4v) is 3.19. The summed E-state index contributed by atoms with van der Waals surface area (Å²) in [5.41, 5.74) is 2.71. The Kier molecular flexibility index (Phi) is 5.38. The molecule has 0 unspecified atom stereocenters. The van der Waals surface area contributed by atoms with Crippen molar-refractivity contribution in [2.75, 3.05) is 23.3 Å². The van der Waals surface area contributed by atoms with E-state index in [0.717, 1.165) is 18.8 Å². The predicted octanol–water partition coefficient (Wildman–Crippen LogP) is 3.99. The minimum absolute atomic E-state index is 0.310. The van der Waals surface area contributed by atoms with Crippen molar-refractivity contribution < 1.29 is 9.90 Å². The summed E-state index contributed by atoms with van der Waals surface area (Å²) in [5.74, 6) is -0.917. The summed E-state index contributed by atoms with van der Waals surface area (Å²) >= 11 is 1.17. The lowest BCUT2D eigenvalue weighted by Gasteiger charge is -2.21. The molecule has 5 nitrogen and oxygen atoms in total. The average Bonchev–Trinajstić information content (AvgIpc) is 2.93. The zero-order chi connectivity index (χ0) is 16.1. The molecule has 0 aliphatic heterocycles. The molecule has 6 heteroatoms. The molecule has 22 heavy (non-hydrogen) atoms. The number of aryl methyl sites for hydroxylation is 1. The highest BCUT2D eigenvalue weighted by molar-refractivity contribution is 7.17. The summed E-state index contributed by atoms with van der Waals surface area (Å²) in [6.45, 7) is 8.11. The van der Waals surface area contributed by atoms with Crippen LogP contribution in [0.15, 0.2) is 24.3 Å². The first-order chi connectivity index (χ1) is 10.6. The van der Waals surface area contributed by atoms with Gasteiger partial charge in [0.15, 0.2) is 5.13 Å². The van der Waals surface area contributed by atoms with Crippen molar-refractivity contribution in [2.45, 2.75) is 27.2 Å². The maximum atomic E-state index is 11.2. The molecule has 0 fully saturated rings. The van der Waals surface area contributed by atoms with Gasteiger partial charge in [0.05, 0.1) is 5.69 Å². The van der Waals surface area contributed by atoms with Crippen LogP contribution in [-0.4, -0.2) is 29.1 Å². The van der Waals surface area contributed by atoms with Crippen molar-refractivity contribution in [1.82, 2.24) is 4.98 Å². The van der Waals surface area contributed by atoms with Crippen LogP contribution in [0.4, 0.5) is 16.5 Å². The summed E-state index contributed by atoms with van der Waals surface area (Å²) < 4.78 is 0. The van der Waals surface area contributed by atoms with Crippen LogP contribution in [0.3, 0.4) is 0 Å². The van der Waals surface area contributed by atoms with Gasteiger partial charge in [-0.25, -0.2) is 9.78 Å². The largest absolute Gasteiger partial charge is 0.477 e. The number of carboxylic acid groups (broad SMARTS) is 1. The second kappa shape index (κ2) is 7.26. The van der Waals surface area contributed by atoms with E-state index in [1.807, 2.05) is 19.1 Å². The fraction of sp³-hybridized carbons (Fsp3) is 0.375. The number of hydrogen-bond acceptors (Lipinski definition) is 5. The number of benzene rings is 1. The molecule has 0 saturated carbocycles. The van der Waals surface area contributed by atoms with Crippen LogP contribution < -0.4 is 10.2 Å². The number of rotatable bonds is 7. The fourth-order valence-electron chi connectivity index (χ4n) is 2.28. The Hall–Kier alpha value is -2.08. The van der Waals surface area contributed by atoms with Gasteiger partial charge in [0.1, 0.15) is 4.88 Å². The van der Waals surface area contributed by atoms with Crippen LogP contribution in [0.5, 0.6) is 0 Å². The molecule has 2 N–H and O–H groups in total. The van der Waals surface area contributed by atoms with E-state index in [1.165, 1.54) is 17.0 Å². The third-order valence-electron chi connectivity index (χ3n) is 3.47. The predicted molar refractivity (Wildman–Crippen MR) is 91.7 cm³/mol. The Morgan fingerprint density at radius 1 is 1.23 bits per heavy atom. The lowest BCUT2D eigenvalue weighted by Crippen LogP contribution is -2.21. The van der Waals surface area contributed by atoms with Crippen LogP contribution >= 0.6 is 11.3 Å². The minimum Gasteiger partial charge on any atom is -0.477 e. The van der Waals surface area contributed by atoms with Crippen molar-refractivity contribution in [2.24, 2.45) is 0 Å². The molecule has 0 atom stereocenters. The lowest BCUT2D eigenvalue weighted by atomic mass is 10.2. The van der Waals surface area contributed by atoms with Crippen LogP contribution in [0.25, 0.3) is 0 Å². The summed E-state index contributed by atoms with van der Waals surface area (Å²) in [6, 6.07) is 8.09. The average molecular weight is 319 g/mol. The number of nitrogens with one attached hydrogen (secondary N) is 1. The van der Waals surface area contributed by atoms with Gasteiger partial charge in [0.25, 0.3) is 0 Å². The first-order valence-corrected chi connectivity index (χ1v) is 8.25. The van der Waals surface area contributed by atoms with Crippen LogP contribution in [-0.2, 0) is 6.42 Å². The number of carbonyl (C=O) groups is 1. The Labute approximate surface area is 134 Å². The molecule has 2 aromatic rings. The van der Waals surface area contributed by atoms with E-state index in [1.54, 1.807) is 0 Å². The zero-order valence-electron chi connectivity index (χ0n) is 13.1. The van der Waals surface area contributed by atoms with Gasteiger partial charge >= 0.3 is 5.97 Å². The molecule has 118 valence electrons. The second-order valence-electron chi connectivity index (χ2n) is 4.80. The van der Waals surface area contributed by atoms with Gasteiger partial charge in [-0.3, -0.25) is 0 Å². The molecule has 1 heterocycles. The molecule has 0 spiro atoms. The van der Waals surface area contributed by atoms with Crippen molar-refractivity contribution in [3.05, 3.63) is 34.8 Å². The van der Waals surface area contributed by atoms with Gasteiger partial charge in [0.2, 0.25) is 0 Å². The lowest BCUT2D eigenvalue weighted by molar-refractivity contribution is 0.0701. The monoisotopic (exact) mass is 319 g/mol. The second-order valence-corrected chi connectivity index (χ2v) is 5.80. The summed E-state index contributed by atoms with van der Waals surface area (Å²) in [5, 5.41) is 13.0. The molecule has 0 saturated heterocycles. The third-order valence-corrected chi connectivity index (χ3v) is 4.47. The number of aromatic nitrogens is 1. The Bertz CT molecular complexity index is 633. The van der Waals surface area contributed by atoms with Gasteiger partial charge in [0, 0.05) is 24.5 Å². The van der Waals surface area contributed by atoms with Crippen LogP contribution in [0.1, 0.15) is 36.1 Å². The highest BCUT2D eigenvalue weighted by Crippen LogP contribution is 2.27. The van der Waals surface area contributed by atoms with Crippen LogP contribution in [0, 0.1) is 0 Å². The molecule has 0 aliphatic carbocycles. The van der Waals surface area contributed by atoms with Gasteiger partial charge in [-0.1, -0.05) is 18.3 Å². The Morgan fingerprint density at radius 2 is 1.86 bits per heavy atom. The van der Waals surface area contributed by atoms with Crippen LogP contribution in [0.2, 0.25) is 0 Å². The zero-order valence-corrected chi connectivity index (χ0v) is 13.9. The molecule has 1 aromatic carbocycles. The molecule has 0 amide bonds. The van der Waals surface area contributed by atoms with E-state index in [4.69, 9.17) is 5.11 Å². The summed E-state index contributed by atoms with van der Waals surface area (Å²) in [6.07, 6.45) is 0.612.